The molecule has 0 bridgehead atoms. The Bertz CT molecular complexity index is 1270. The second-order valence-electron chi connectivity index (χ2n) is 8.04. The predicted octanol–water partition coefficient (Wildman–Crippen LogP) is 7.00. The van der Waals surface area contributed by atoms with Crippen molar-refractivity contribution in [2.24, 2.45) is 5.92 Å². The van der Waals surface area contributed by atoms with Crippen molar-refractivity contribution < 1.29 is 0 Å². The molecule has 1 aliphatic heterocycles. The maximum absolute atomic E-state index is 4.33. The van der Waals surface area contributed by atoms with E-state index in [-0.39, 0.29) is 5.92 Å². The first-order chi connectivity index (χ1) is 15.5. The van der Waals surface area contributed by atoms with Gasteiger partial charge in [-0.1, -0.05) is 112 Å². The number of benzene rings is 3. The largest absolute Gasteiger partial charge is 0.386 e. The standard InChI is InChI=1S/C30H27BN/c1-22-13-5-7-15-24(3)32(25(4)16-8-6-14-23(22)2)31-30-28-19-11-9-17-26(28)21-27-18-10-12-20-29(27)30/h5-21,23H,1,3-4H2,2H3/b13-5-,14-6-,15-7-,16-8-. The molecule has 3 aromatic rings. The lowest BCUT2D eigenvalue weighted by atomic mass is 9.73. The summed E-state index contributed by atoms with van der Waals surface area (Å²) >= 11 is 0. The highest BCUT2D eigenvalue weighted by Crippen LogP contribution is 2.22. The van der Waals surface area contributed by atoms with Gasteiger partial charge in [0.1, 0.15) is 0 Å². The van der Waals surface area contributed by atoms with E-state index in [1.165, 1.54) is 21.5 Å². The van der Waals surface area contributed by atoms with Crippen molar-refractivity contribution in [3.05, 3.63) is 140 Å². The second-order valence-corrected chi connectivity index (χ2v) is 8.04. The minimum Gasteiger partial charge on any atom is -0.386 e. The molecule has 0 saturated heterocycles. The molecule has 1 heterocycles. The van der Waals surface area contributed by atoms with Crippen molar-refractivity contribution in [2.45, 2.75) is 6.92 Å². The second kappa shape index (κ2) is 9.57. The van der Waals surface area contributed by atoms with Crippen LogP contribution in [-0.2, 0) is 0 Å². The molecule has 1 aliphatic rings. The molecule has 0 aliphatic carbocycles. The first kappa shape index (κ1) is 21.5. The van der Waals surface area contributed by atoms with Gasteiger partial charge in [-0.3, -0.25) is 0 Å². The Balaban J connectivity index is 1.80. The molecule has 1 radical (unpaired) electrons. The van der Waals surface area contributed by atoms with Gasteiger partial charge in [0, 0.05) is 11.4 Å². The lowest BCUT2D eigenvalue weighted by Crippen LogP contribution is -2.34. The molecule has 0 fully saturated rings. The molecule has 4 rings (SSSR count). The van der Waals surface area contributed by atoms with Gasteiger partial charge in [0.05, 0.1) is 0 Å². The first-order valence-electron chi connectivity index (χ1n) is 10.9. The SMILES string of the molecule is C=C1/C=C\C=C/C(=C)N([B]c2c3ccccc3cc3ccccc23)C(=C)/C=C\C=C/C1C. The third-order valence-electron chi connectivity index (χ3n) is 5.78. The van der Waals surface area contributed by atoms with Crippen LogP contribution in [0.1, 0.15) is 6.92 Å². The van der Waals surface area contributed by atoms with Gasteiger partial charge < -0.3 is 4.81 Å². The van der Waals surface area contributed by atoms with Crippen LogP contribution < -0.4 is 5.46 Å². The topological polar surface area (TPSA) is 3.24 Å². The smallest absolute Gasteiger partial charge is 0.292 e. The van der Waals surface area contributed by atoms with Crippen LogP contribution in [0.4, 0.5) is 0 Å². The summed E-state index contributed by atoms with van der Waals surface area (Å²) in [6.45, 7) is 15.0. The van der Waals surface area contributed by atoms with E-state index in [0.717, 1.165) is 22.4 Å². The molecule has 0 saturated carbocycles. The summed E-state index contributed by atoms with van der Waals surface area (Å²) in [4.78, 5) is 2.05. The summed E-state index contributed by atoms with van der Waals surface area (Å²) in [5, 5.41) is 4.83. The summed E-state index contributed by atoms with van der Waals surface area (Å²) in [7, 11) is 2.15. The maximum atomic E-state index is 4.33. The van der Waals surface area contributed by atoms with Crippen LogP contribution in [0.5, 0.6) is 0 Å². The van der Waals surface area contributed by atoms with Gasteiger partial charge in [-0.25, -0.2) is 0 Å². The Labute approximate surface area is 192 Å². The molecule has 0 amide bonds. The highest BCUT2D eigenvalue weighted by Gasteiger charge is 2.16. The molecule has 3 aromatic carbocycles. The molecule has 32 heavy (non-hydrogen) atoms. The van der Waals surface area contributed by atoms with Gasteiger partial charge in [-0.15, -0.1) is 0 Å². The average Bonchev–Trinajstić information content (AvgIpc) is 2.81. The van der Waals surface area contributed by atoms with Crippen LogP contribution in [0, 0.1) is 5.92 Å². The average molecular weight is 412 g/mol. The van der Waals surface area contributed by atoms with Crippen LogP contribution in [0.25, 0.3) is 21.5 Å². The Hall–Kier alpha value is -3.78. The van der Waals surface area contributed by atoms with Gasteiger partial charge in [-0.2, -0.15) is 0 Å². The van der Waals surface area contributed by atoms with Crippen molar-refractivity contribution in [1.29, 1.82) is 0 Å². The minimum absolute atomic E-state index is 0.270. The highest BCUT2D eigenvalue weighted by molar-refractivity contribution is 6.59. The van der Waals surface area contributed by atoms with Gasteiger partial charge in [0.25, 0.3) is 7.41 Å². The number of allylic oxidation sites excluding steroid dienone is 9. The molecule has 155 valence electrons. The molecule has 1 unspecified atom stereocenters. The van der Waals surface area contributed by atoms with Crippen molar-refractivity contribution in [2.75, 3.05) is 0 Å². The predicted molar refractivity (Wildman–Crippen MR) is 142 cm³/mol. The summed E-state index contributed by atoms with van der Waals surface area (Å²) in [5.74, 6) is 0.270. The Morgan fingerprint density at radius 1 is 0.719 bits per heavy atom. The summed E-state index contributed by atoms with van der Waals surface area (Å²) in [5.41, 5.74) is 3.90. The van der Waals surface area contributed by atoms with Crippen LogP contribution in [0.15, 0.2) is 140 Å². The molecule has 0 aromatic heterocycles. The molecular weight excluding hydrogens is 385 g/mol. The van der Waals surface area contributed by atoms with E-state index in [2.05, 4.69) is 106 Å². The van der Waals surface area contributed by atoms with E-state index in [9.17, 15) is 0 Å². The Kier molecular flexibility index (Phi) is 6.42. The lowest BCUT2D eigenvalue weighted by Gasteiger charge is -2.26. The van der Waals surface area contributed by atoms with Gasteiger partial charge in [0.2, 0.25) is 0 Å². The molecule has 0 N–H and O–H groups in total. The van der Waals surface area contributed by atoms with E-state index in [1.807, 2.05) is 36.5 Å². The molecule has 1 atom stereocenters. The van der Waals surface area contributed by atoms with Gasteiger partial charge >= 0.3 is 0 Å². The fourth-order valence-corrected chi connectivity index (χ4v) is 3.85. The van der Waals surface area contributed by atoms with Gasteiger partial charge in [0.15, 0.2) is 0 Å². The van der Waals surface area contributed by atoms with E-state index in [0.29, 0.717) is 0 Å². The summed E-state index contributed by atoms with van der Waals surface area (Å²) < 4.78 is 0. The summed E-state index contributed by atoms with van der Waals surface area (Å²) in [6, 6.07) is 19.2. The quantitative estimate of drug-likeness (QED) is 0.324. The zero-order valence-corrected chi connectivity index (χ0v) is 18.5. The van der Waals surface area contributed by atoms with E-state index in [4.69, 9.17) is 0 Å². The molecule has 0 spiro atoms. The van der Waals surface area contributed by atoms with Crippen molar-refractivity contribution >= 4 is 34.4 Å². The fraction of sp³-hybridized carbons (Fsp3) is 0.0667. The van der Waals surface area contributed by atoms with Crippen LogP contribution >= 0.6 is 0 Å². The number of fused-ring (bicyclic) bond motifs is 2. The third-order valence-corrected chi connectivity index (χ3v) is 5.78. The minimum atomic E-state index is 0.270. The van der Waals surface area contributed by atoms with Crippen molar-refractivity contribution in [3.63, 3.8) is 0 Å². The lowest BCUT2D eigenvalue weighted by molar-refractivity contribution is 0.726. The van der Waals surface area contributed by atoms with Crippen LogP contribution in [0.2, 0.25) is 0 Å². The normalized spacial score (nSPS) is 21.5. The molecule has 2 heteroatoms. The zero-order chi connectivity index (χ0) is 22.5. The van der Waals surface area contributed by atoms with Crippen molar-refractivity contribution in [1.82, 2.24) is 4.81 Å². The van der Waals surface area contributed by atoms with Crippen LogP contribution in [-0.4, -0.2) is 12.2 Å². The number of rotatable bonds is 2. The monoisotopic (exact) mass is 412 g/mol. The van der Waals surface area contributed by atoms with E-state index >= 15 is 0 Å². The highest BCUT2D eigenvalue weighted by atomic mass is 15.1. The number of hydrogen-bond acceptors (Lipinski definition) is 1. The Morgan fingerprint density at radius 2 is 1.25 bits per heavy atom. The van der Waals surface area contributed by atoms with Gasteiger partial charge in [-0.05, 0) is 56.7 Å². The first-order valence-corrected chi connectivity index (χ1v) is 10.9. The zero-order valence-electron chi connectivity index (χ0n) is 18.5. The summed E-state index contributed by atoms with van der Waals surface area (Å²) in [6.07, 6.45) is 16.3. The van der Waals surface area contributed by atoms with E-state index < -0.39 is 0 Å². The van der Waals surface area contributed by atoms with Crippen molar-refractivity contribution in [3.8, 4) is 0 Å². The molecular formula is C30H27BN. The van der Waals surface area contributed by atoms with E-state index in [1.54, 1.807) is 0 Å². The van der Waals surface area contributed by atoms with Crippen LogP contribution in [0.3, 0.4) is 0 Å². The Morgan fingerprint density at radius 3 is 1.88 bits per heavy atom. The maximum Gasteiger partial charge on any atom is 0.292 e. The fourth-order valence-electron chi connectivity index (χ4n) is 3.85. The third kappa shape index (κ3) is 4.60. The number of nitrogens with zero attached hydrogens (tertiary/aromatic N) is 1. The molecule has 1 nitrogen and oxygen atoms in total. The number of hydrogen-bond donors (Lipinski definition) is 0.